The molecule has 552 valence electrons. The molecule has 0 saturated heterocycles. The van der Waals surface area contributed by atoms with Gasteiger partial charge in [-0.05, 0) is 101 Å². The first-order valence-corrected chi connectivity index (χ1v) is 35.6. The molecule has 0 aliphatic rings. The standard InChI is InChI=1S/C41H44F2N5O9PS.C33H27F2N5O6S/c1-27(37-47-35(22-59-37)30-12-8-28(19-44)9-13-30)41(23-48-25-45-24-46-48,33-17-16-32(42)18-34(33)43)55-38(50)53-26-52-21-36(49)31-14-10-29(11-15-31)20-54-58(51,56-39(2,3)4)57-40(5,6)7;1-21(31-39-29(16-47-31)24-6-2-22(13-36)3-7-24)33(17-40-19-37-18-38-40,27-11-10-26(34)12-28(27)35)46-32(43)45-20-44-15-30(42)25-8-4-23(14-41)5-9-25/h8-18,22,24-25,27H,20-21,23,26H2,1-7H3;2-12,16,18-19,21,41H,14-15,17,20H2,1H3/t27-,41?;21-,33?/m00/s1. The molecular weight excluding hydrogens is 1440 g/mol. The van der Waals surface area contributed by atoms with Crippen LogP contribution in [0.5, 0.6) is 0 Å². The van der Waals surface area contributed by atoms with Crippen LogP contribution in [0, 0.1) is 45.9 Å². The second kappa shape index (κ2) is 35.5. The largest absolute Gasteiger partial charge is 0.511 e. The molecule has 4 heterocycles. The topological polar surface area (TPSA) is 323 Å². The van der Waals surface area contributed by atoms with Gasteiger partial charge in [0.25, 0.3) is 0 Å². The second-order valence-electron chi connectivity index (χ2n) is 25.6. The monoisotopic (exact) mass is 1510 g/mol. The normalized spacial score (nSPS) is 13.3. The Morgan fingerprint density at radius 3 is 1.31 bits per heavy atom. The summed E-state index contributed by atoms with van der Waals surface area (Å²) in [6.45, 7) is 10.6. The van der Waals surface area contributed by atoms with E-state index in [4.69, 9.17) is 57.2 Å². The van der Waals surface area contributed by atoms with E-state index in [2.05, 4.69) is 32.3 Å². The number of rotatable bonds is 30. The summed E-state index contributed by atoms with van der Waals surface area (Å²) in [7, 11) is -3.96. The van der Waals surface area contributed by atoms with E-state index in [0.29, 0.717) is 66.9 Å². The lowest BCUT2D eigenvalue weighted by atomic mass is 9.81. The summed E-state index contributed by atoms with van der Waals surface area (Å²) in [4.78, 5) is 69.5. The maximum Gasteiger partial charge on any atom is 0.511 e. The highest BCUT2D eigenvalue weighted by molar-refractivity contribution is 7.48. The fourth-order valence-electron chi connectivity index (χ4n) is 10.6. The van der Waals surface area contributed by atoms with Crippen LogP contribution in [0.25, 0.3) is 22.5 Å². The molecule has 2 unspecified atom stereocenters. The number of hydrogen-bond donors (Lipinski definition) is 1. The molecule has 4 atom stereocenters. The van der Waals surface area contributed by atoms with Crippen LogP contribution >= 0.6 is 30.5 Å². The molecule has 106 heavy (non-hydrogen) atoms. The number of aliphatic hydroxyl groups excluding tert-OH is 1. The SMILES string of the molecule is C[C@@H](c1nc(-c2ccc(C#N)cc2)cs1)C(Cn1cncn1)(OC(=O)OCOCC(=O)c1ccc(CO)cc1)c1ccc(F)cc1F.C[C@@H](c1nc(-c2ccc(C#N)cc2)cs1)C(Cn1cncn1)(OC(=O)OCOCC(=O)c1ccc(COP(=O)(OC(C)(C)C)OC(C)(C)C)cc1)c1ccc(F)cc1F. The van der Waals surface area contributed by atoms with Gasteiger partial charge in [0.05, 0.1) is 84.0 Å². The number of nitrogens with zero attached hydrogens (tertiary/aromatic N) is 10. The average Bonchev–Trinajstić information content (AvgIpc) is 1.20. The fraction of sp³-hybridized carbons (Fsp3) is 0.297. The maximum atomic E-state index is 15.8. The van der Waals surface area contributed by atoms with Crippen LogP contribution in [0.1, 0.15) is 131 Å². The Bertz CT molecular complexity index is 4760. The number of phosphoric acid groups is 1. The van der Waals surface area contributed by atoms with Crippen molar-refractivity contribution in [3.63, 3.8) is 0 Å². The van der Waals surface area contributed by atoms with Crippen LogP contribution in [0.2, 0.25) is 0 Å². The van der Waals surface area contributed by atoms with Crippen molar-refractivity contribution in [2.45, 2.75) is 116 Å². The number of carbonyl (C=O) groups is 4. The number of ketones is 2. The lowest BCUT2D eigenvalue weighted by molar-refractivity contribution is -0.0963. The first-order chi connectivity index (χ1) is 50.5. The highest BCUT2D eigenvalue weighted by atomic mass is 32.1. The summed E-state index contributed by atoms with van der Waals surface area (Å²) < 4.78 is 126. The van der Waals surface area contributed by atoms with Crippen LogP contribution in [0.3, 0.4) is 0 Å². The number of aromatic nitrogens is 8. The van der Waals surface area contributed by atoms with E-state index in [1.165, 1.54) is 93.7 Å². The van der Waals surface area contributed by atoms with Crippen LogP contribution in [-0.4, -0.2) is 106 Å². The van der Waals surface area contributed by atoms with E-state index in [0.717, 1.165) is 17.7 Å². The zero-order valence-electron chi connectivity index (χ0n) is 58.4. The molecule has 0 spiro atoms. The van der Waals surface area contributed by atoms with Crippen molar-refractivity contribution < 1.29 is 88.4 Å². The first kappa shape index (κ1) is 79.5. The number of phosphoric ester groups is 1. The van der Waals surface area contributed by atoms with Gasteiger partial charge in [-0.3, -0.25) is 23.2 Å². The van der Waals surface area contributed by atoms with Crippen molar-refractivity contribution in [3.8, 4) is 34.7 Å². The molecule has 25 nitrogen and oxygen atoms in total. The number of nitriles is 2. The molecule has 0 saturated carbocycles. The molecule has 0 amide bonds. The Kier molecular flexibility index (Phi) is 26.6. The van der Waals surface area contributed by atoms with Crippen molar-refractivity contribution >= 4 is 54.4 Å². The molecule has 10 rings (SSSR count). The lowest BCUT2D eigenvalue weighted by Crippen LogP contribution is -2.43. The molecule has 6 aromatic carbocycles. The smallest absolute Gasteiger partial charge is 0.420 e. The predicted molar refractivity (Wildman–Crippen MR) is 376 cm³/mol. The summed E-state index contributed by atoms with van der Waals surface area (Å²) in [5.41, 5.74) is -0.454. The van der Waals surface area contributed by atoms with E-state index in [1.807, 2.05) is 0 Å². The Morgan fingerprint density at radius 1 is 0.566 bits per heavy atom. The Morgan fingerprint density at radius 2 is 0.962 bits per heavy atom. The van der Waals surface area contributed by atoms with Crippen LogP contribution in [-0.2, 0) is 84.1 Å². The Balaban J connectivity index is 0.000000251. The molecule has 0 aliphatic carbocycles. The van der Waals surface area contributed by atoms with E-state index >= 15 is 8.78 Å². The third kappa shape index (κ3) is 21.3. The van der Waals surface area contributed by atoms with E-state index in [-0.39, 0.29) is 43.0 Å². The number of carbonyl (C=O) groups excluding carboxylic acids is 4. The van der Waals surface area contributed by atoms with Gasteiger partial charge < -0.3 is 33.5 Å². The minimum atomic E-state index is -3.96. The third-order valence-electron chi connectivity index (χ3n) is 15.7. The van der Waals surface area contributed by atoms with Gasteiger partial charge in [0.2, 0.25) is 0 Å². The molecule has 0 fully saturated rings. The number of benzene rings is 6. The van der Waals surface area contributed by atoms with E-state index in [1.54, 1.807) is 139 Å². The number of thiazole rings is 2. The fourth-order valence-corrected chi connectivity index (χ4v) is 14.3. The number of hydrogen-bond acceptors (Lipinski definition) is 25. The number of ether oxygens (including phenoxy) is 6. The van der Waals surface area contributed by atoms with Crippen molar-refractivity contribution in [2.24, 2.45) is 0 Å². The van der Waals surface area contributed by atoms with Gasteiger partial charge in [-0.25, -0.2) is 61.0 Å². The van der Waals surface area contributed by atoms with Gasteiger partial charge in [-0.15, -0.1) is 22.7 Å². The average molecular weight is 1510 g/mol. The van der Waals surface area contributed by atoms with E-state index < -0.39 is 116 Å². The minimum absolute atomic E-state index is 0.121. The van der Waals surface area contributed by atoms with E-state index in [9.17, 15) is 42.9 Å². The highest BCUT2D eigenvalue weighted by Gasteiger charge is 2.50. The minimum Gasteiger partial charge on any atom is -0.420 e. The van der Waals surface area contributed by atoms with Gasteiger partial charge in [-0.2, -0.15) is 20.7 Å². The first-order valence-electron chi connectivity index (χ1n) is 32.4. The van der Waals surface area contributed by atoms with Crippen molar-refractivity contribution in [3.05, 3.63) is 247 Å². The maximum absolute atomic E-state index is 15.8. The van der Waals surface area contributed by atoms with Gasteiger partial charge in [0, 0.05) is 56.3 Å². The lowest BCUT2D eigenvalue weighted by Gasteiger charge is -2.37. The molecule has 10 aromatic rings. The molecule has 0 radical (unpaired) electrons. The zero-order valence-corrected chi connectivity index (χ0v) is 60.9. The molecule has 4 aromatic heterocycles. The molecule has 0 aliphatic heterocycles. The van der Waals surface area contributed by atoms with Crippen LogP contribution in [0.15, 0.2) is 170 Å². The summed E-state index contributed by atoms with van der Waals surface area (Å²) in [5.74, 6) is -6.26. The summed E-state index contributed by atoms with van der Waals surface area (Å²) >= 11 is 2.45. The van der Waals surface area contributed by atoms with Gasteiger partial charge >= 0.3 is 20.1 Å². The molecule has 32 heteroatoms. The second-order valence-corrected chi connectivity index (χ2v) is 28.9. The predicted octanol–water partition coefficient (Wildman–Crippen LogP) is 15.3. The van der Waals surface area contributed by atoms with Crippen molar-refractivity contribution in [2.75, 3.05) is 26.8 Å². The molecule has 1 N–H and O–H groups in total. The number of halogens is 4. The summed E-state index contributed by atoms with van der Waals surface area (Å²) in [5, 5.41) is 40.2. The number of Topliss-reactive ketones (excluding diaryl/α,β-unsaturated/α-hetero) is 2. The summed E-state index contributed by atoms with van der Waals surface area (Å²) in [6, 6.07) is 36.0. The number of aliphatic hydroxyl groups is 1. The Hall–Kier alpha value is -10.6. The summed E-state index contributed by atoms with van der Waals surface area (Å²) in [6.07, 6.45) is 2.65. The van der Waals surface area contributed by atoms with Crippen LogP contribution in [0.4, 0.5) is 27.2 Å². The third-order valence-corrected chi connectivity index (χ3v) is 19.8. The molecule has 0 bridgehead atoms. The van der Waals surface area contributed by atoms with Gasteiger partial charge in [-0.1, -0.05) is 86.6 Å². The van der Waals surface area contributed by atoms with Gasteiger partial charge in [0.1, 0.15) is 71.8 Å². The van der Waals surface area contributed by atoms with Crippen molar-refractivity contribution in [1.82, 2.24) is 39.5 Å². The zero-order chi connectivity index (χ0) is 76.4. The Labute approximate surface area is 614 Å². The van der Waals surface area contributed by atoms with Gasteiger partial charge in [0.15, 0.2) is 36.4 Å². The van der Waals surface area contributed by atoms with Crippen LogP contribution < -0.4 is 0 Å². The van der Waals surface area contributed by atoms with Crippen molar-refractivity contribution in [1.29, 1.82) is 10.5 Å². The molecular formula is C74H71F4N10O15PS2. The highest BCUT2D eigenvalue weighted by Crippen LogP contribution is 2.56. The quantitative estimate of drug-likeness (QED) is 0.0109.